The van der Waals surface area contributed by atoms with Crippen molar-refractivity contribution in [1.29, 1.82) is 0 Å². The van der Waals surface area contributed by atoms with Crippen molar-refractivity contribution < 1.29 is 17.6 Å². The minimum absolute atomic E-state index is 0.0183. The third-order valence-corrected chi connectivity index (χ3v) is 9.83. The summed E-state index contributed by atoms with van der Waals surface area (Å²) in [5.41, 5.74) is 0.205. The lowest BCUT2D eigenvalue weighted by atomic mass is 9.79. The van der Waals surface area contributed by atoms with E-state index in [1.165, 1.54) is 29.0 Å². The van der Waals surface area contributed by atoms with Gasteiger partial charge < -0.3 is 9.80 Å². The quantitative estimate of drug-likeness (QED) is 0.224. The maximum Gasteiger partial charge on any atom is 0.355 e. The van der Waals surface area contributed by atoms with Crippen molar-refractivity contribution in [1.82, 2.24) is 24.4 Å². The molecule has 1 aliphatic carbocycles. The van der Waals surface area contributed by atoms with Gasteiger partial charge in [-0.2, -0.15) is 4.98 Å². The van der Waals surface area contributed by atoms with E-state index in [0.29, 0.717) is 25.2 Å². The SMILES string of the molecule is C=CC(=O)N1CCN(c2nc(=O)n(-c3c(C4CCC4)cccc3S(C)(=O)=O)c3nc(-c4cccnc4Cl)c(F)cc23)[C@@H](C)C1. The topological polar surface area (TPSA) is 118 Å². The molecule has 13 heteroatoms. The van der Waals surface area contributed by atoms with Gasteiger partial charge in [-0.25, -0.2) is 32.1 Å². The Morgan fingerprint density at radius 2 is 1.93 bits per heavy atom. The number of aromatic nitrogens is 4. The number of amides is 1. The Labute approximate surface area is 258 Å². The van der Waals surface area contributed by atoms with E-state index in [2.05, 4.69) is 21.5 Å². The molecule has 0 radical (unpaired) electrons. The van der Waals surface area contributed by atoms with Crippen LogP contribution >= 0.6 is 11.6 Å². The van der Waals surface area contributed by atoms with Gasteiger partial charge in [-0.3, -0.25) is 4.79 Å². The number of hydrogen-bond acceptors (Lipinski definition) is 8. The molecule has 2 aliphatic rings. The Bertz CT molecular complexity index is 2000. The average Bonchev–Trinajstić information content (AvgIpc) is 2.95. The third-order valence-electron chi connectivity index (χ3n) is 8.40. The Morgan fingerprint density at radius 1 is 1.16 bits per heavy atom. The number of benzene rings is 1. The summed E-state index contributed by atoms with van der Waals surface area (Å²) < 4.78 is 43.4. The molecule has 1 saturated carbocycles. The first-order valence-electron chi connectivity index (χ1n) is 14.2. The highest BCUT2D eigenvalue weighted by Gasteiger charge is 2.33. The molecule has 1 atom stereocenters. The Kier molecular flexibility index (Phi) is 7.75. The van der Waals surface area contributed by atoms with Crippen LogP contribution in [0.2, 0.25) is 5.15 Å². The lowest BCUT2D eigenvalue weighted by molar-refractivity contribution is -0.126. The second-order valence-electron chi connectivity index (χ2n) is 11.2. The van der Waals surface area contributed by atoms with Gasteiger partial charge in [-0.15, -0.1) is 0 Å². The monoisotopic (exact) mass is 636 g/mol. The normalized spacial score (nSPS) is 17.5. The van der Waals surface area contributed by atoms with E-state index in [-0.39, 0.29) is 61.7 Å². The summed E-state index contributed by atoms with van der Waals surface area (Å²) in [5.74, 6) is -0.700. The largest absolute Gasteiger partial charge is 0.355 e. The van der Waals surface area contributed by atoms with Crippen LogP contribution < -0.4 is 10.6 Å². The van der Waals surface area contributed by atoms with Crippen molar-refractivity contribution in [3.63, 3.8) is 0 Å². The Hall–Kier alpha value is -4.16. The molecule has 1 aromatic carbocycles. The molecule has 0 N–H and O–H groups in total. The highest BCUT2D eigenvalue weighted by molar-refractivity contribution is 7.90. The zero-order chi connectivity index (χ0) is 31.3. The lowest BCUT2D eigenvalue weighted by Gasteiger charge is -2.40. The first-order valence-corrected chi connectivity index (χ1v) is 16.5. The van der Waals surface area contributed by atoms with Crippen LogP contribution in [0.15, 0.2) is 64.9 Å². The number of nitrogens with zero attached hydrogens (tertiary/aromatic N) is 6. The number of sulfone groups is 1. The Morgan fingerprint density at radius 3 is 2.57 bits per heavy atom. The molecule has 1 aliphatic heterocycles. The van der Waals surface area contributed by atoms with Crippen LogP contribution in [0.4, 0.5) is 10.2 Å². The first kappa shape index (κ1) is 29.9. The van der Waals surface area contributed by atoms with Gasteiger partial charge in [0.25, 0.3) is 0 Å². The summed E-state index contributed by atoms with van der Waals surface area (Å²) in [6, 6.07) is 9.07. The molecule has 1 saturated heterocycles. The summed E-state index contributed by atoms with van der Waals surface area (Å²) in [6.07, 6.45) is 6.45. The van der Waals surface area contributed by atoms with E-state index in [0.717, 1.165) is 25.5 Å². The fraction of sp³-hybridized carbons (Fsp3) is 0.323. The van der Waals surface area contributed by atoms with Gasteiger partial charge in [0.15, 0.2) is 15.5 Å². The van der Waals surface area contributed by atoms with Crippen molar-refractivity contribution in [2.45, 2.75) is 43.0 Å². The highest BCUT2D eigenvalue weighted by Crippen LogP contribution is 2.42. The number of piperazine rings is 1. The molecule has 4 heterocycles. The molecule has 1 amide bonds. The van der Waals surface area contributed by atoms with Crippen LogP contribution in [0.25, 0.3) is 28.0 Å². The fourth-order valence-corrected chi connectivity index (χ4v) is 7.10. The third kappa shape index (κ3) is 5.15. The van der Waals surface area contributed by atoms with Crippen molar-refractivity contribution in [3.8, 4) is 16.9 Å². The van der Waals surface area contributed by atoms with Crippen LogP contribution in [-0.4, -0.2) is 70.7 Å². The number of carbonyl (C=O) groups is 1. The number of halogens is 2. The average molecular weight is 637 g/mol. The van der Waals surface area contributed by atoms with Crippen LogP contribution in [0.5, 0.6) is 0 Å². The van der Waals surface area contributed by atoms with E-state index in [1.54, 1.807) is 23.1 Å². The maximum atomic E-state index is 16.0. The molecule has 0 spiro atoms. The molecular weight excluding hydrogens is 607 g/mol. The van der Waals surface area contributed by atoms with Gasteiger partial charge in [0, 0.05) is 43.7 Å². The summed E-state index contributed by atoms with van der Waals surface area (Å²) in [6.45, 7) is 6.43. The van der Waals surface area contributed by atoms with Gasteiger partial charge in [-0.1, -0.05) is 36.7 Å². The predicted molar refractivity (Wildman–Crippen MR) is 167 cm³/mol. The number of para-hydroxylation sites is 1. The summed E-state index contributed by atoms with van der Waals surface area (Å²) in [5, 5.41) is 0.230. The highest BCUT2D eigenvalue weighted by atomic mass is 35.5. The second-order valence-corrected chi connectivity index (χ2v) is 13.6. The molecule has 44 heavy (non-hydrogen) atoms. The van der Waals surface area contributed by atoms with Crippen molar-refractivity contribution >= 4 is 44.2 Å². The summed E-state index contributed by atoms with van der Waals surface area (Å²) in [7, 11) is -3.82. The number of anilines is 1. The maximum absolute atomic E-state index is 16.0. The van der Waals surface area contributed by atoms with E-state index in [4.69, 9.17) is 11.6 Å². The minimum atomic E-state index is -3.82. The molecule has 0 bridgehead atoms. The molecule has 2 fully saturated rings. The molecule has 4 aromatic rings. The number of carbonyl (C=O) groups excluding carboxylic acids is 1. The van der Waals surface area contributed by atoms with Gasteiger partial charge in [0.2, 0.25) is 5.91 Å². The van der Waals surface area contributed by atoms with Gasteiger partial charge in [0.05, 0.1) is 16.0 Å². The molecule has 3 aromatic heterocycles. The molecule has 228 valence electrons. The van der Waals surface area contributed by atoms with Gasteiger partial charge in [-0.05, 0) is 61.6 Å². The van der Waals surface area contributed by atoms with E-state index in [9.17, 15) is 18.0 Å². The number of pyridine rings is 2. The lowest BCUT2D eigenvalue weighted by Crippen LogP contribution is -2.54. The smallest absolute Gasteiger partial charge is 0.350 e. The minimum Gasteiger partial charge on any atom is -0.350 e. The molecule has 0 unspecified atom stereocenters. The van der Waals surface area contributed by atoms with E-state index >= 15 is 4.39 Å². The fourth-order valence-electron chi connectivity index (χ4n) is 6.01. The Balaban J connectivity index is 1.67. The molecule has 10 nitrogen and oxygen atoms in total. The second kappa shape index (κ2) is 11.4. The van der Waals surface area contributed by atoms with Crippen LogP contribution in [-0.2, 0) is 14.6 Å². The molecule has 6 rings (SSSR count). The van der Waals surface area contributed by atoms with Crippen LogP contribution in [0, 0.1) is 5.82 Å². The van der Waals surface area contributed by atoms with Gasteiger partial charge >= 0.3 is 5.69 Å². The van der Waals surface area contributed by atoms with Crippen molar-refractivity contribution in [3.05, 3.63) is 82.3 Å². The van der Waals surface area contributed by atoms with E-state index < -0.39 is 21.3 Å². The number of rotatable bonds is 6. The first-order chi connectivity index (χ1) is 21.0. The number of hydrogen-bond donors (Lipinski definition) is 0. The standard InChI is InChI=1S/C31H30ClFN6O4S/c1-4-25(40)37-14-15-38(18(2)17-37)29-22-16-23(33)26(21-11-7-13-34-28(21)32)35-30(22)39(31(41)36-29)27-20(19-8-5-9-19)10-6-12-24(27)44(3,42)43/h4,6-7,10-13,16,18-19H,1,5,8-9,14-15,17H2,2-3H3/t18-/m0/s1. The summed E-state index contributed by atoms with van der Waals surface area (Å²) in [4.78, 5) is 43.1. The summed E-state index contributed by atoms with van der Waals surface area (Å²) >= 11 is 6.35. The van der Waals surface area contributed by atoms with Crippen molar-refractivity contribution in [2.75, 3.05) is 30.8 Å². The molecular formula is C31H30ClFN6O4S. The zero-order valence-electron chi connectivity index (χ0n) is 24.2. The zero-order valence-corrected chi connectivity index (χ0v) is 25.8. The number of fused-ring (bicyclic) bond motifs is 1. The van der Waals surface area contributed by atoms with Crippen LogP contribution in [0.1, 0.15) is 37.7 Å². The van der Waals surface area contributed by atoms with Crippen LogP contribution in [0.3, 0.4) is 0 Å². The van der Waals surface area contributed by atoms with Crippen molar-refractivity contribution in [2.24, 2.45) is 0 Å². The van der Waals surface area contributed by atoms with E-state index in [1.807, 2.05) is 17.9 Å². The van der Waals surface area contributed by atoms with Gasteiger partial charge in [0.1, 0.15) is 22.5 Å². The predicted octanol–water partition coefficient (Wildman–Crippen LogP) is 4.53.